The van der Waals surface area contributed by atoms with Crippen molar-refractivity contribution in [2.24, 2.45) is 0 Å². The average Bonchev–Trinajstić information content (AvgIpc) is 2.63. The molecule has 0 aliphatic heterocycles. The number of ether oxygens (including phenoxy) is 1. The maximum Gasteiger partial charge on any atom is 0.397 e. The highest BCUT2D eigenvalue weighted by atomic mass is 35.5. The minimum atomic E-state index is -1.36. The van der Waals surface area contributed by atoms with E-state index in [1.165, 1.54) is 19.8 Å². The van der Waals surface area contributed by atoms with Crippen LogP contribution in [-0.2, 0) is 4.79 Å². The monoisotopic (exact) mass is 427 g/mol. The second kappa shape index (κ2) is 9.22. The lowest BCUT2D eigenvalue weighted by atomic mass is 9.73. The van der Waals surface area contributed by atoms with Crippen molar-refractivity contribution in [1.82, 2.24) is 10.2 Å². The summed E-state index contributed by atoms with van der Waals surface area (Å²) in [5.74, 6) is -2.26. The van der Waals surface area contributed by atoms with Crippen molar-refractivity contribution in [3.8, 4) is 5.75 Å². The molecule has 1 heterocycles. The van der Waals surface area contributed by atoms with E-state index in [2.05, 4.69) is 10.2 Å². The molecule has 146 valence electrons. The molecular weight excluding hydrogens is 414 g/mol. The summed E-state index contributed by atoms with van der Waals surface area (Å²) in [4.78, 5) is 22.2. The molecule has 0 saturated carbocycles. The number of hydrogen-bond acceptors (Lipinski definition) is 7. The lowest BCUT2D eigenvalue weighted by Gasteiger charge is -2.26. The molecule has 0 amide bonds. The third kappa shape index (κ3) is 4.73. The SMILES string of the molecule is CB(O)N(BC=O)c1nnc(C(=O)O)cc1O[C@@H](C)c1c(Cl)ccc(F)c1Cl. The molecule has 0 fully saturated rings. The van der Waals surface area contributed by atoms with Gasteiger partial charge in [0.1, 0.15) is 18.1 Å². The fourth-order valence-electron chi connectivity index (χ4n) is 2.42. The Bertz CT molecular complexity index is 906. The summed E-state index contributed by atoms with van der Waals surface area (Å²) < 4.78 is 20.7. The third-order valence-electron chi connectivity index (χ3n) is 3.74. The molecule has 0 radical (unpaired) electrons. The minimum absolute atomic E-state index is 0.0809. The second-order valence-electron chi connectivity index (χ2n) is 5.69. The maximum atomic E-state index is 13.8. The van der Waals surface area contributed by atoms with Crippen LogP contribution in [0.1, 0.15) is 29.1 Å². The predicted molar refractivity (Wildman–Crippen MR) is 105 cm³/mol. The molecule has 1 aromatic carbocycles. The van der Waals surface area contributed by atoms with E-state index in [9.17, 15) is 19.0 Å². The normalized spacial score (nSPS) is 11.5. The first-order chi connectivity index (χ1) is 13.2. The van der Waals surface area contributed by atoms with Crippen molar-refractivity contribution in [2.45, 2.75) is 19.9 Å². The number of rotatable bonds is 8. The smallest absolute Gasteiger partial charge is 0.397 e. The van der Waals surface area contributed by atoms with Crippen LogP contribution in [0.15, 0.2) is 18.2 Å². The molecule has 0 saturated heterocycles. The second-order valence-corrected chi connectivity index (χ2v) is 6.48. The molecule has 13 heteroatoms. The number of halogens is 3. The van der Waals surface area contributed by atoms with Crippen molar-refractivity contribution in [1.29, 1.82) is 0 Å². The van der Waals surface area contributed by atoms with Crippen molar-refractivity contribution in [3.05, 3.63) is 45.3 Å². The summed E-state index contributed by atoms with van der Waals surface area (Å²) >= 11 is 12.1. The van der Waals surface area contributed by atoms with Crippen LogP contribution in [0.3, 0.4) is 0 Å². The first kappa shape index (κ1) is 21.9. The average molecular weight is 428 g/mol. The standard InChI is InChI=1S/C15H14B2Cl2FN3O5/c1-7(12-8(18)3-4-9(20)13(12)19)28-11-5-10(15(25)26)21-22-14(11)23(16-6-24)17(2)27/h3-7,16,27H,1-2H3,(H,25,26)/t7-/m0/s1. The Morgan fingerprint density at radius 1 is 1.43 bits per heavy atom. The molecule has 8 nitrogen and oxygen atoms in total. The van der Waals surface area contributed by atoms with Gasteiger partial charge in [-0.2, -0.15) is 0 Å². The molecule has 0 bridgehead atoms. The van der Waals surface area contributed by atoms with Crippen LogP contribution in [-0.4, -0.2) is 46.9 Å². The molecule has 0 aliphatic carbocycles. The van der Waals surface area contributed by atoms with Crippen LogP contribution in [0, 0.1) is 5.82 Å². The summed E-state index contributed by atoms with van der Waals surface area (Å²) in [7, 11) is -1.42. The van der Waals surface area contributed by atoms with Gasteiger partial charge >= 0.3 is 20.4 Å². The van der Waals surface area contributed by atoms with Gasteiger partial charge < -0.3 is 24.4 Å². The van der Waals surface area contributed by atoms with E-state index in [-0.39, 0.29) is 34.6 Å². The zero-order valence-corrected chi connectivity index (χ0v) is 16.3. The van der Waals surface area contributed by atoms with Gasteiger partial charge in [0, 0.05) is 16.7 Å². The van der Waals surface area contributed by atoms with Crippen molar-refractivity contribution < 1.29 is 28.8 Å². The summed E-state index contributed by atoms with van der Waals surface area (Å²) in [6.07, 6.45) is -0.403. The van der Waals surface area contributed by atoms with Crippen molar-refractivity contribution in [2.75, 3.05) is 4.72 Å². The van der Waals surface area contributed by atoms with Gasteiger partial charge in [0.25, 0.3) is 0 Å². The molecule has 1 atom stereocenters. The number of anilines is 1. The minimum Gasteiger partial charge on any atom is -0.482 e. The molecule has 1 aromatic heterocycles. The summed E-state index contributed by atoms with van der Waals surface area (Å²) in [6, 6.07) is 3.48. The van der Waals surface area contributed by atoms with E-state index in [0.717, 1.165) is 16.9 Å². The maximum absolute atomic E-state index is 13.8. The zero-order valence-electron chi connectivity index (χ0n) is 14.8. The molecule has 0 spiro atoms. The highest BCUT2D eigenvalue weighted by Crippen LogP contribution is 2.37. The predicted octanol–water partition coefficient (Wildman–Crippen LogP) is 2.22. The molecular formula is C15H14B2Cl2FN3O5. The number of carbonyl (C=O) groups excluding carboxylic acids is 1. The van der Waals surface area contributed by atoms with Gasteiger partial charge in [-0.3, -0.25) is 0 Å². The number of aromatic nitrogens is 2. The van der Waals surface area contributed by atoms with Crippen LogP contribution in [0.4, 0.5) is 10.2 Å². The molecule has 0 unspecified atom stereocenters. The van der Waals surface area contributed by atoms with Crippen LogP contribution in [0.5, 0.6) is 5.75 Å². The Kier molecular flexibility index (Phi) is 7.22. The summed E-state index contributed by atoms with van der Waals surface area (Å²) in [5, 5.41) is 26.3. The van der Waals surface area contributed by atoms with E-state index >= 15 is 0 Å². The van der Waals surface area contributed by atoms with Gasteiger partial charge in [-0.05, 0) is 25.9 Å². The fraction of sp³-hybridized carbons (Fsp3) is 0.200. The number of carboxylic acids is 1. The van der Waals surface area contributed by atoms with E-state index in [4.69, 9.17) is 33.0 Å². The quantitative estimate of drug-likeness (QED) is 0.374. The zero-order chi connectivity index (χ0) is 21.0. The van der Waals surface area contributed by atoms with E-state index < -0.39 is 30.6 Å². The molecule has 0 aliphatic rings. The van der Waals surface area contributed by atoms with E-state index in [0.29, 0.717) is 6.19 Å². The molecule has 28 heavy (non-hydrogen) atoms. The fourth-order valence-corrected chi connectivity index (χ4v) is 3.10. The molecule has 2 N–H and O–H groups in total. The Balaban J connectivity index is 2.53. The topological polar surface area (TPSA) is 113 Å². The number of carboxylic acid groups (broad SMARTS) is 1. The van der Waals surface area contributed by atoms with Crippen LogP contribution in [0.25, 0.3) is 0 Å². The number of aromatic carboxylic acids is 1. The van der Waals surface area contributed by atoms with E-state index in [1.807, 2.05) is 0 Å². The van der Waals surface area contributed by atoms with Crippen LogP contribution < -0.4 is 9.46 Å². The number of carbonyl (C=O) groups is 2. The van der Waals surface area contributed by atoms with Gasteiger partial charge in [0.2, 0.25) is 0 Å². The van der Waals surface area contributed by atoms with Gasteiger partial charge in [0.05, 0.1) is 5.02 Å². The number of hydrogen-bond donors (Lipinski definition) is 2. The van der Waals surface area contributed by atoms with Gasteiger partial charge in [-0.15, -0.1) is 10.2 Å². The highest BCUT2D eigenvalue weighted by Gasteiger charge is 2.27. The molecule has 2 rings (SSSR count). The summed E-state index contributed by atoms with van der Waals surface area (Å²) in [6.45, 7) is 2.90. The Morgan fingerprint density at radius 2 is 2.11 bits per heavy atom. The first-order valence-electron chi connectivity index (χ1n) is 7.96. The Labute approximate surface area is 170 Å². The molecule has 2 aromatic rings. The highest BCUT2D eigenvalue weighted by molar-refractivity contribution is 6.82. The summed E-state index contributed by atoms with van der Waals surface area (Å²) in [5.41, 5.74) is -0.291. The van der Waals surface area contributed by atoms with Gasteiger partial charge in [0.15, 0.2) is 17.3 Å². The number of benzene rings is 1. The lowest BCUT2D eigenvalue weighted by molar-refractivity contribution is 0.0688. The van der Waals surface area contributed by atoms with Crippen molar-refractivity contribution >= 4 is 55.6 Å². The first-order valence-corrected chi connectivity index (χ1v) is 8.72. The lowest BCUT2D eigenvalue weighted by Crippen LogP contribution is -2.42. The third-order valence-corrected chi connectivity index (χ3v) is 4.46. The van der Waals surface area contributed by atoms with E-state index in [1.54, 1.807) is 0 Å². The van der Waals surface area contributed by atoms with Gasteiger partial charge in [-0.25, -0.2) is 9.18 Å². The van der Waals surface area contributed by atoms with Crippen LogP contribution in [0.2, 0.25) is 16.9 Å². The van der Waals surface area contributed by atoms with Crippen LogP contribution >= 0.6 is 23.2 Å². The Morgan fingerprint density at radius 3 is 2.68 bits per heavy atom. The largest absolute Gasteiger partial charge is 0.482 e. The Hall–Kier alpha value is -2.36. The number of nitrogens with zero attached hydrogens (tertiary/aromatic N) is 3. The van der Waals surface area contributed by atoms with Gasteiger partial charge in [-0.1, -0.05) is 23.2 Å². The van der Waals surface area contributed by atoms with Crippen molar-refractivity contribution in [3.63, 3.8) is 0 Å².